The fourth-order valence-corrected chi connectivity index (χ4v) is 5.16. The number of halogens is 1. The van der Waals surface area contributed by atoms with Crippen molar-refractivity contribution in [1.82, 2.24) is 4.98 Å². The van der Waals surface area contributed by atoms with Crippen molar-refractivity contribution in [2.24, 2.45) is 0 Å². The second-order valence-corrected chi connectivity index (χ2v) is 10.3. The van der Waals surface area contributed by atoms with Gasteiger partial charge in [-0.25, -0.2) is 4.98 Å². The van der Waals surface area contributed by atoms with E-state index in [1.54, 1.807) is 21.3 Å². The van der Waals surface area contributed by atoms with Gasteiger partial charge in [0, 0.05) is 33.5 Å². The van der Waals surface area contributed by atoms with Crippen molar-refractivity contribution < 1.29 is 19.0 Å². The van der Waals surface area contributed by atoms with Crippen molar-refractivity contribution in [3.05, 3.63) is 82.8 Å². The van der Waals surface area contributed by atoms with E-state index in [9.17, 15) is 10.1 Å². The van der Waals surface area contributed by atoms with Gasteiger partial charge in [-0.1, -0.05) is 46.3 Å². The Balaban J connectivity index is 1.70. The number of ether oxygens (including phenoxy) is 3. The number of nitrogens with zero attached hydrogens (tertiary/aromatic N) is 2. The standard InChI is InChI=1S/C30H26BrN3O4S/c1-36-26-15-20(16-27(37-2)29(26)38-3)23-17-25(19-7-5-4-6-8-19)34-30(24(23)18-32)39-14-13-28(35)33-22-11-9-21(31)10-12-22/h4-12,15-17H,13-14H2,1-3H3,(H,33,35). The SMILES string of the molecule is COc1cc(-c2cc(-c3ccccc3)nc(SCCC(=O)Nc3ccc(Br)cc3)c2C#N)cc(OC)c1OC. The minimum atomic E-state index is -0.118. The lowest BCUT2D eigenvalue weighted by atomic mass is 9.98. The van der Waals surface area contributed by atoms with Crippen molar-refractivity contribution in [3.8, 4) is 45.7 Å². The van der Waals surface area contributed by atoms with Crippen LogP contribution in [-0.4, -0.2) is 38.0 Å². The Labute approximate surface area is 240 Å². The number of thioether (sulfide) groups is 1. The zero-order valence-corrected chi connectivity index (χ0v) is 24.1. The third-order valence-electron chi connectivity index (χ3n) is 5.84. The molecule has 7 nitrogen and oxygen atoms in total. The largest absolute Gasteiger partial charge is 0.493 e. The molecule has 4 rings (SSSR count). The first-order chi connectivity index (χ1) is 19.0. The van der Waals surface area contributed by atoms with Crippen LogP contribution in [0.3, 0.4) is 0 Å². The highest BCUT2D eigenvalue weighted by atomic mass is 79.9. The lowest BCUT2D eigenvalue weighted by molar-refractivity contribution is -0.115. The predicted molar refractivity (Wildman–Crippen MR) is 158 cm³/mol. The molecule has 1 aromatic heterocycles. The van der Waals surface area contributed by atoms with E-state index in [0.29, 0.717) is 44.8 Å². The number of carbonyl (C=O) groups is 1. The Bertz CT molecular complexity index is 1480. The molecule has 0 unspecified atom stereocenters. The van der Waals surface area contributed by atoms with E-state index < -0.39 is 0 Å². The molecular formula is C30H26BrN3O4S. The van der Waals surface area contributed by atoms with Crippen LogP contribution in [0, 0.1) is 11.3 Å². The minimum absolute atomic E-state index is 0.118. The van der Waals surface area contributed by atoms with Gasteiger partial charge in [0.1, 0.15) is 11.1 Å². The van der Waals surface area contributed by atoms with Crippen molar-refractivity contribution >= 4 is 39.3 Å². The van der Waals surface area contributed by atoms with Crippen LogP contribution in [0.15, 0.2) is 82.3 Å². The molecule has 0 radical (unpaired) electrons. The van der Waals surface area contributed by atoms with Crippen LogP contribution in [-0.2, 0) is 4.79 Å². The lowest BCUT2D eigenvalue weighted by Gasteiger charge is -2.16. The third-order valence-corrected chi connectivity index (χ3v) is 7.34. The summed E-state index contributed by atoms with van der Waals surface area (Å²) in [6, 6.07) is 25.0. The maximum Gasteiger partial charge on any atom is 0.225 e. The first kappa shape index (κ1) is 28.0. The number of anilines is 1. The van der Waals surface area contributed by atoms with Crippen molar-refractivity contribution in [2.45, 2.75) is 11.4 Å². The van der Waals surface area contributed by atoms with Crippen molar-refractivity contribution in [3.63, 3.8) is 0 Å². The quantitative estimate of drug-likeness (QED) is 0.192. The molecule has 9 heteroatoms. The van der Waals surface area contributed by atoms with Crippen LogP contribution in [0.5, 0.6) is 17.2 Å². The van der Waals surface area contributed by atoms with Gasteiger partial charge in [0.05, 0.1) is 32.6 Å². The second-order valence-electron chi connectivity index (χ2n) is 8.28. The summed E-state index contributed by atoms with van der Waals surface area (Å²) >= 11 is 4.76. The number of amides is 1. The van der Waals surface area contributed by atoms with Crippen molar-refractivity contribution in [1.29, 1.82) is 5.26 Å². The highest BCUT2D eigenvalue weighted by Gasteiger charge is 2.20. The average molecular weight is 605 g/mol. The van der Waals surface area contributed by atoms with E-state index >= 15 is 0 Å². The number of rotatable bonds is 10. The molecule has 0 fully saturated rings. The zero-order valence-electron chi connectivity index (χ0n) is 21.7. The second kappa shape index (κ2) is 13.2. The van der Waals surface area contributed by atoms with Crippen LogP contribution in [0.2, 0.25) is 0 Å². The summed E-state index contributed by atoms with van der Waals surface area (Å²) in [5.41, 5.74) is 4.13. The van der Waals surface area contributed by atoms with Gasteiger partial charge in [0.2, 0.25) is 11.7 Å². The molecule has 4 aromatic rings. The van der Waals surface area contributed by atoms with E-state index in [4.69, 9.17) is 19.2 Å². The highest BCUT2D eigenvalue weighted by molar-refractivity contribution is 9.10. The van der Waals surface area contributed by atoms with Crippen LogP contribution < -0.4 is 19.5 Å². The Kier molecular flexibility index (Phi) is 9.47. The number of carbonyl (C=O) groups excluding carboxylic acids is 1. The van der Waals surface area contributed by atoms with Gasteiger partial charge < -0.3 is 19.5 Å². The normalized spacial score (nSPS) is 10.4. The Morgan fingerprint density at radius 2 is 1.62 bits per heavy atom. The molecule has 3 aromatic carbocycles. The molecule has 1 heterocycles. The molecule has 1 N–H and O–H groups in total. The molecule has 0 aliphatic rings. The molecule has 1 amide bonds. The molecule has 0 aliphatic heterocycles. The molecule has 0 spiro atoms. The first-order valence-corrected chi connectivity index (χ1v) is 13.7. The zero-order chi connectivity index (χ0) is 27.8. The summed E-state index contributed by atoms with van der Waals surface area (Å²) in [6.45, 7) is 0. The van der Waals surface area contributed by atoms with E-state index in [1.165, 1.54) is 11.8 Å². The van der Waals surface area contributed by atoms with E-state index in [-0.39, 0.29) is 12.3 Å². The number of hydrogen-bond acceptors (Lipinski definition) is 7. The van der Waals surface area contributed by atoms with Crippen LogP contribution in [0.1, 0.15) is 12.0 Å². The average Bonchev–Trinajstić information content (AvgIpc) is 2.97. The van der Waals surface area contributed by atoms with E-state index in [1.807, 2.05) is 72.8 Å². The summed E-state index contributed by atoms with van der Waals surface area (Å²) in [4.78, 5) is 17.4. The fraction of sp³-hybridized carbons (Fsp3) is 0.167. The van der Waals surface area contributed by atoms with Crippen LogP contribution >= 0.6 is 27.7 Å². The van der Waals surface area contributed by atoms with Gasteiger partial charge >= 0.3 is 0 Å². The summed E-state index contributed by atoms with van der Waals surface area (Å²) < 4.78 is 17.5. The number of pyridine rings is 1. The Hall–Kier alpha value is -4.00. The number of aromatic nitrogens is 1. The number of hydrogen-bond donors (Lipinski definition) is 1. The molecule has 0 saturated carbocycles. The maximum atomic E-state index is 12.6. The van der Waals surface area contributed by atoms with Gasteiger partial charge in [0.25, 0.3) is 0 Å². The number of nitriles is 1. The van der Waals surface area contributed by atoms with Crippen molar-refractivity contribution in [2.75, 3.05) is 32.4 Å². The summed E-state index contributed by atoms with van der Waals surface area (Å²) in [7, 11) is 4.64. The number of benzene rings is 3. The minimum Gasteiger partial charge on any atom is -0.493 e. The van der Waals surface area contributed by atoms with Gasteiger partial charge in [0.15, 0.2) is 11.5 Å². The molecule has 0 aliphatic carbocycles. The summed E-state index contributed by atoms with van der Waals surface area (Å²) in [6.07, 6.45) is 0.252. The molecule has 0 saturated heterocycles. The van der Waals surface area contributed by atoms with E-state index in [0.717, 1.165) is 21.3 Å². The maximum absolute atomic E-state index is 12.6. The molecule has 0 bridgehead atoms. The van der Waals surface area contributed by atoms with Crippen LogP contribution in [0.4, 0.5) is 5.69 Å². The number of methoxy groups -OCH3 is 3. The highest BCUT2D eigenvalue weighted by Crippen LogP contribution is 2.43. The fourth-order valence-electron chi connectivity index (χ4n) is 3.95. The van der Waals surface area contributed by atoms with Gasteiger partial charge in [-0.3, -0.25) is 4.79 Å². The number of nitrogens with one attached hydrogen (secondary N) is 1. The summed E-state index contributed by atoms with van der Waals surface area (Å²) in [5.74, 6) is 1.75. The predicted octanol–water partition coefficient (Wildman–Crippen LogP) is 7.20. The van der Waals surface area contributed by atoms with Crippen LogP contribution in [0.25, 0.3) is 22.4 Å². The smallest absolute Gasteiger partial charge is 0.225 e. The first-order valence-electron chi connectivity index (χ1n) is 12.0. The van der Waals surface area contributed by atoms with Gasteiger partial charge in [-0.2, -0.15) is 5.26 Å². The van der Waals surface area contributed by atoms with Gasteiger partial charge in [-0.15, -0.1) is 11.8 Å². The molecule has 39 heavy (non-hydrogen) atoms. The third kappa shape index (κ3) is 6.72. The lowest BCUT2D eigenvalue weighted by Crippen LogP contribution is -2.12. The Morgan fingerprint density at radius 3 is 2.21 bits per heavy atom. The van der Waals surface area contributed by atoms with E-state index in [2.05, 4.69) is 27.3 Å². The Morgan fingerprint density at radius 1 is 0.949 bits per heavy atom. The molecule has 198 valence electrons. The summed E-state index contributed by atoms with van der Waals surface area (Å²) in [5, 5.41) is 13.7. The topological polar surface area (TPSA) is 93.5 Å². The molecular weight excluding hydrogens is 578 g/mol. The monoisotopic (exact) mass is 603 g/mol. The van der Waals surface area contributed by atoms with Gasteiger partial charge in [-0.05, 0) is 48.0 Å². The molecule has 0 atom stereocenters.